The number of piperazine rings is 1. The van der Waals surface area contributed by atoms with Crippen LogP contribution in [0.4, 0.5) is 0 Å². The van der Waals surface area contributed by atoms with E-state index < -0.39 is 0 Å². The molecule has 104 valence electrons. The molecule has 1 heterocycles. The third-order valence-corrected chi connectivity index (χ3v) is 3.95. The molecule has 0 bridgehead atoms. The molecule has 0 saturated carbocycles. The average Bonchev–Trinajstić information content (AvgIpc) is 2.36. The van der Waals surface area contributed by atoms with Gasteiger partial charge in [-0.3, -0.25) is 9.69 Å². The van der Waals surface area contributed by atoms with Crippen molar-refractivity contribution in [1.82, 2.24) is 9.80 Å². The normalized spacial score (nSPS) is 20.4. The summed E-state index contributed by atoms with van der Waals surface area (Å²) in [6.07, 6.45) is 0. The summed E-state index contributed by atoms with van der Waals surface area (Å²) in [4.78, 5) is 15.7. The third-order valence-electron chi connectivity index (χ3n) is 3.60. The minimum atomic E-state index is -0.0869. The van der Waals surface area contributed by atoms with Crippen LogP contribution in [0.5, 0.6) is 0 Å². The molecule has 1 amide bonds. The Bertz CT molecular complexity index is 464. The highest BCUT2D eigenvalue weighted by Crippen LogP contribution is 2.30. The number of halogens is 1. The summed E-state index contributed by atoms with van der Waals surface area (Å²) in [6, 6.07) is 7.60. The number of rotatable bonds is 3. The van der Waals surface area contributed by atoms with Crippen LogP contribution in [0, 0.1) is 0 Å². The van der Waals surface area contributed by atoms with Crippen LogP contribution in [-0.2, 0) is 4.79 Å². The standard InChI is InChI=1S/C14H20ClN3O/c1-10(16)14(11-5-3-4-6-12(11)15)18-8-7-17(2)13(19)9-18/h3-6,10,14H,7-9,16H2,1-2H3. The zero-order valence-corrected chi connectivity index (χ0v) is 12.1. The van der Waals surface area contributed by atoms with Crippen molar-refractivity contribution in [2.24, 2.45) is 5.73 Å². The zero-order chi connectivity index (χ0) is 14.0. The Morgan fingerprint density at radius 3 is 2.58 bits per heavy atom. The minimum Gasteiger partial charge on any atom is -0.343 e. The summed E-state index contributed by atoms with van der Waals surface area (Å²) in [7, 11) is 1.83. The van der Waals surface area contributed by atoms with Crippen LogP contribution in [0.2, 0.25) is 5.02 Å². The molecule has 2 unspecified atom stereocenters. The molecular formula is C14H20ClN3O. The Hall–Kier alpha value is -1.10. The summed E-state index contributed by atoms with van der Waals surface area (Å²) in [5.41, 5.74) is 7.12. The van der Waals surface area contributed by atoms with Gasteiger partial charge in [0, 0.05) is 31.2 Å². The number of carbonyl (C=O) groups excluding carboxylic acids is 1. The number of nitrogens with two attached hydrogens (primary N) is 1. The molecule has 0 aliphatic carbocycles. The topological polar surface area (TPSA) is 49.6 Å². The largest absolute Gasteiger partial charge is 0.343 e. The van der Waals surface area contributed by atoms with E-state index in [2.05, 4.69) is 4.90 Å². The van der Waals surface area contributed by atoms with Crippen molar-refractivity contribution < 1.29 is 4.79 Å². The predicted octanol–water partition coefficient (Wildman–Crippen LogP) is 1.50. The van der Waals surface area contributed by atoms with Crippen molar-refractivity contribution in [2.75, 3.05) is 26.7 Å². The van der Waals surface area contributed by atoms with E-state index >= 15 is 0 Å². The molecule has 1 aromatic rings. The zero-order valence-electron chi connectivity index (χ0n) is 11.3. The lowest BCUT2D eigenvalue weighted by Crippen LogP contribution is -2.52. The van der Waals surface area contributed by atoms with Gasteiger partial charge in [0.15, 0.2) is 0 Å². The van der Waals surface area contributed by atoms with Gasteiger partial charge in [-0.25, -0.2) is 0 Å². The molecular weight excluding hydrogens is 262 g/mol. The van der Waals surface area contributed by atoms with Gasteiger partial charge in [-0.05, 0) is 18.6 Å². The van der Waals surface area contributed by atoms with Crippen LogP contribution in [0.15, 0.2) is 24.3 Å². The highest BCUT2D eigenvalue weighted by Gasteiger charge is 2.31. The van der Waals surface area contributed by atoms with Crippen LogP contribution in [0.25, 0.3) is 0 Å². The van der Waals surface area contributed by atoms with Crippen molar-refractivity contribution in [3.8, 4) is 0 Å². The maximum Gasteiger partial charge on any atom is 0.236 e. The summed E-state index contributed by atoms with van der Waals surface area (Å²) >= 11 is 6.27. The lowest BCUT2D eigenvalue weighted by atomic mass is 9.98. The van der Waals surface area contributed by atoms with E-state index in [1.54, 1.807) is 4.90 Å². The summed E-state index contributed by atoms with van der Waals surface area (Å²) in [5, 5.41) is 0.705. The second kappa shape index (κ2) is 5.90. The van der Waals surface area contributed by atoms with Crippen molar-refractivity contribution in [1.29, 1.82) is 0 Å². The quantitative estimate of drug-likeness (QED) is 0.914. The first kappa shape index (κ1) is 14.3. The molecule has 2 atom stereocenters. The first-order valence-electron chi connectivity index (χ1n) is 6.48. The Morgan fingerprint density at radius 2 is 2.00 bits per heavy atom. The van der Waals surface area contributed by atoms with Crippen LogP contribution < -0.4 is 5.73 Å². The maximum atomic E-state index is 11.9. The van der Waals surface area contributed by atoms with E-state index in [4.69, 9.17) is 17.3 Å². The SMILES string of the molecule is CC(N)C(c1ccccc1Cl)N1CCN(C)C(=O)C1. The molecule has 2 N–H and O–H groups in total. The van der Waals surface area contributed by atoms with Crippen molar-refractivity contribution in [3.63, 3.8) is 0 Å². The fourth-order valence-electron chi connectivity index (χ4n) is 2.54. The van der Waals surface area contributed by atoms with E-state index in [0.29, 0.717) is 11.6 Å². The van der Waals surface area contributed by atoms with E-state index in [9.17, 15) is 4.79 Å². The molecule has 1 saturated heterocycles. The molecule has 0 spiro atoms. The summed E-state index contributed by atoms with van der Waals surface area (Å²) in [5.74, 6) is 0.129. The fourth-order valence-corrected chi connectivity index (χ4v) is 2.79. The Balaban J connectivity index is 2.27. The van der Waals surface area contributed by atoms with Crippen molar-refractivity contribution >= 4 is 17.5 Å². The minimum absolute atomic E-state index is 0.0219. The number of benzene rings is 1. The van der Waals surface area contributed by atoms with E-state index in [-0.39, 0.29) is 18.0 Å². The van der Waals surface area contributed by atoms with E-state index in [0.717, 1.165) is 18.7 Å². The number of hydrogen-bond acceptors (Lipinski definition) is 3. The molecule has 1 aliphatic heterocycles. The molecule has 1 aliphatic rings. The highest BCUT2D eigenvalue weighted by atomic mass is 35.5. The van der Waals surface area contributed by atoms with Crippen LogP contribution in [0.1, 0.15) is 18.5 Å². The predicted molar refractivity (Wildman–Crippen MR) is 77.1 cm³/mol. The number of nitrogens with zero attached hydrogens (tertiary/aromatic N) is 2. The first-order chi connectivity index (χ1) is 9.00. The van der Waals surface area contributed by atoms with Crippen molar-refractivity contribution in [3.05, 3.63) is 34.9 Å². The number of amides is 1. The molecule has 0 aromatic heterocycles. The molecule has 1 aromatic carbocycles. The molecule has 19 heavy (non-hydrogen) atoms. The van der Waals surface area contributed by atoms with E-state index in [1.165, 1.54) is 0 Å². The molecule has 5 heteroatoms. The van der Waals surface area contributed by atoms with Gasteiger partial charge in [0.25, 0.3) is 0 Å². The smallest absolute Gasteiger partial charge is 0.236 e. The lowest BCUT2D eigenvalue weighted by molar-refractivity contribution is -0.135. The van der Waals surface area contributed by atoms with Gasteiger partial charge in [-0.15, -0.1) is 0 Å². The second-order valence-electron chi connectivity index (χ2n) is 5.11. The Labute approximate surface area is 119 Å². The number of carbonyl (C=O) groups is 1. The Morgan fingerprint density at radius 1 is 1.32 bits per heavy atom. The second-order valence-corrected chi connectivity index (χ2v) is 5.52. The van der Waals surface area contributed by atoms with Crippen LogP contribution in [-0.4, -0.2) is 48.4 Å². The monoisotopic (exact) mass is 281 g/mol. The number of likely N-dealkylation sites (N-methyl/N-ethyl adjacent to an activating group) is 1. The Kier molecular flexibility index (Phi) is 4.45. The lowest BCUT2D eigenvalue weighted by Gasteiger charge is -2.39. The maximum absolute atomic E-state index is 11.9. The van der Waals surface area contributed by atoms with Gasteiger partial charge >= 0.3 is 0 Å². The first-order valence-corrected chi connectivity index (χ1v) is 6.86. The molecule has 1 fully saturated rings. The summed E-state index contributed by atoms with van der Waals surface area (Å²) < 4.78 is 0. The van der Waals surface area contributed by atoms with Gasteiger partial charge in [-0.2, -0.15) is 0 Å². The molecule has 4 nitrogen and oxygen atoms in total. The number of hydrogen-bond donors (Lipinski definition) is 1. The van der Waals surface area contributed by atoms with Gasteiger partial charge in [-0.1, -0.05) is 29.8 Å². The van der Waals surface area contributed by atoms with E-state index in [1.807, 2.05) is 38.2 Å². The fraction of sp³-hybridized carbons (Fsp3) is 0.500. The molecule has 2 rings (SSSR count). The summed E-state index contributed by atoms with van der Waals surface area (Å²) in [6.45, 7) is 3.90. The van der Waals surface area contributed by atoms with Crippen molar-refractivity contribution in [2.45, 2.75) is 19.0 Å². The van der Waals surface area contributed by atoms with Crippen LogP contribution in [0.3, 0.4) is 0 Å². The van der Waals surface area contributed by atoms with Gasteiger partial charge in [0.2, 0.25) is 5.91 Å². The van der Waals surface area contributed by atoms with Gasteiger partial charge in [0.05, 0.1) is 12.6 Å². The average molecular weight is 282 g/mol. The van der Waals surface area contributed by atoms with Gasteiger partial charge < -0.3 is 10.6 Å². The third kappa shape index (κ3) is 3.08. The molecule has 0 radical (unpaired) electrons. The van der Waals surface area contributed by atoms with Crippen LogP contribution >= 0.6 is 11.6 Å². The van der Waals surface area contributed by atoms with Gasteiger partial charge in [0.1, 0.15) is 0 Å². The highest BCUT2D eigenvalue weighted by molar-refractivity contribution is 6.31.